The van der Waals surface area contributed by atoms with Gasteiger partial charge in [-0.2, -0.15) is 0 Å². The molecular formula is C17H36N2. The Bertz CT molecular complexity index is 211. The Kier molecular flexibility index (Phi) is 8.72. The monoisotopic (exact) mass is 268 g/mol. The first-order valence-electron chi connectivity index (χ1n) is 8.68. The van der Waals surface area contributed by atoms with Crippen LogP contribution in [-0.4, -0.2) is 30.1 Å². The maximum absolute atomic E-state index is 6.11. The predicted molar refractivity (Wildman–Crippen MR) is 85.4 cm³/mol. The second-order valence-corrected chi connectivity index (χ2v) is 6.48. The van der Waals surface area contributed by atoms with Gasteiger partial charge >= 0.3 is 0 Å². The Labute approximate surface area is 121 Å². The molecule has 2 atom stereocenters. The van der Waals surface area contributed by atoms with E-state index < -0.39 is 0 Å². The molecule has 0 aliphatic heterocycles. The van der Waals surface area contributed by atoms with Crippen LogP contribution in [-0.2, 0) is 0 Å². The van der Waals surface area contributed by atoms with Gasteiger partial charge in [0.25, 0.3) is 0 Å². The van der Waals surface area contributed by atoms with E-state index in [1.54, 1.807) is 0 Å². The van der Waals surface area contributed by atoms with E-state index >= 15 is 0 Å². The molecule has 0 aromatic heterocycles. The van der Waals surface area contributed by atoms with Crippen molar-refractivity contribution in [3.63, 3.8) is 0 Å². The van der Waals surface area contributed by atoms with Crippen LogP contribution in [0.4, 0.5) is 0 Å². The third-order valence-corrected chi connectivity index (χ3v) is 5.00. The highest BCUT2D eigenvalue weighted by Crippen LogP contribution is 2.29. The average Bonchev–Trinajstić information content (AvgIpc) is 2.46. The van der Waals surface area contributed by atoms with Gasteiger partial charge in [-0.25, -0.2) is 0 Å². The van der Waals surface area contributed by atoms with Gasteiger partial charge in [-0.05, 0) is 38.6 Å². The van der Waals surface area contributed by atoms with E-state index in [1.807, 2.05) is 0 Å². The summed E-state index contributed by atoms with van der Waals surface area (Å²) in [7, 11) is 0. The van der Waals surface area contributed by atoms with Crippen LogP contribution in [0.15, 0.2) is 0 Å². The minimum atomic E-state index is 0.615. The predicted octanol–water partition coefficient (Wildman–Crippen LogP) is 4.18. The van der Waals surface area contributed by atoms with Gasteiger partial charge in [0.2, 0.25) is 0 Å². The zero-order valence-corrected chi connectivity index (χ0v) is 13.5. The fourth-order valence-corrected chi connectivity index (χ4v) is 3.51. The molecule has 0 heterocycles. The molecule has 0 saturated heterocycles. The Morgan fingerprint density at radius 1 is 1.16 bits per heavy atom. The summed E-state index contributed by atoms with van der Waals surface area (Å²) in [6.45, 7) is 9.04. The molecule has 0 aromatic rings. The number of nitrogens with two attached hydrogens (primary N) is 1. The smallest absolute Gasteiger partial charge is 0.0223 e. The highest BCUT2D eigenvalue weighted by Gasteiger charge is 2.25. The highest BCUT2D eigenvalue weighted by molar-refractivity contribution is 4.81. The lowest BCUT2D eigenvalue weighted by Gasteiger charge is -2.38. The van der Waals surface area contributed by atoms with Gasteiger partial charge in [0.15, 0.2) is 0 Å². The third kappa shape index (κ3) is 5.83. The molecule has 1 fully saturated rings. The molecule has 0 bridgehead atoms. The molecule has 1 rings (SSSR count). The van der Waals surface area contributed by atoms with E-state index in [0.717, 1.165) is 12.5 Å². The highest BCUT2D eigenvalue weighted by atomic mass is 15.2. The van der Waals surface area contributed by atoms with Crippen LogP contribution < -0.4 is 5.73 Å². The lowest BCUT2D eigenvalue weighted by molar-refractivity contribution is 0.114. The van der Waals surface area contributed by atoms with E-state index in [0.29, 0.717) is 12.1 Å². The van der Waals surface area contributed by atoms with Crippen molar-refractivity contribution in [2.45, 2.75) is 90.6 Å². The molecular weight excluding hydrogens is 232 g/mol. The van der Waals surface area contributed by atoms with Crippen LogP contribution in [0.1, 0.15) is 78.6 Å². The molecule has 2 unspecified atom stereocenters. The zero-order valence-electron chi connectivity index (χ0n) is 13.5. The lowest BCUT2D eigenvalue weighted by Crippen LogP contribution is -2.47. The van der Waals surface area contributed by atoms with Crippen molar-refractivity contribution in [2.75, 3.05) is 13.1 Å². The van der Waals surface area contributed by atoms with Crippen LogP contribution in [0.2, 0.25) is 0 Å². The second-order valence-electron chi connectivity index (χ2n) is 6.48. The quantitative estimate of drug-likeness (QED) is 0.679. The van der Waals surface area contributed by atoms with Crippen molar-refractivity contribution in [3.8, 4) is 0 Å². The summed E-state index contributed by atoms with van der Waals surface area (Å²) in [4.78, 5) is 2.71. The Hall–Kier alpha value is -0.0800. The third-order valence-electron chi connectivity index (χ3n) is 5.00. The maximum Gasteiger partial charge on any atom is 0.0223 e. The minimum absolute atomic E-state index is 0.615. The number of unbranched alkanes of at least 4 members (excludes halogenated alkanes) is 1. The molecule has 0 spiro atoms. The van der Waals surface area contributed by atoms with Gasteiger partial charge in [0.05, 0.1) is 0 Å². The Morgan fingerprint density at radius 3 is 2.37 bits per heavy atom. The van der Waals surface area contributed by atoms with E-state index in [2.05, 4.69) is 25.7 Å². The van der Waals surface area contributed by atoms with Crippen molar-refractivity contribution in [3.05, 3.63) is 0 Å². The molecule has 1 saturated carbocycles. The van der Waals surface area contributed by atoms with Crippen molar-refractivity contribution in [2.24, 2.45) is 11.7 Å². The van der Waals surface area contributed by atoms with Gasteiger partial charge < -0.3 is 5.73 Å². The molecule has 114 valence electrons. The minimum Gasteiger partial charge on any atom is -0.329 e. The summed E-state index contributed by atoms with van der Waals surface area (Å²) in [5, 5.41) is 0. The number of hydrogen-bond acceptors (Lipinski definition) is 2. The first-order valence-corrected chi connectivity index (χ1v) is 8.68. The van der Waals surface area contributed by atoms with Crippen LogP contribution in [0.3, 0.4) is 0 Å². The number of nitrogens with zero attached hydrogens (tertiary/aromatic N) is 1. The molecule has 1 aliphatic carbocycles. The van der Waals surface area contributed by atoms with Crippen molar-refractivity contribution >= 4 is 0 Å². The first-order chi connectivity index (χ1) is 9.22. The normalized spacial score (nSPS) is 20.7. The molecule has 0 amide bonds. The molecule has 2 heteroatoms. The Morgan fingerprint density at radius 2 is 1.84 bits per heavy atom. The summed E-state index contributed by atoms with van der Waals surface area (Å²) in [6.07, 6.45) is 12.4. The fraction of sp³-hybridized carbons (Fsp3) is 1.00. The summed E-state index contributed by atoms with van der Waals surface area (Å²) in [6, 6.07) is 1.30. The first kappa shape index (κ1) is 17.0. The van der Waals surface area contributed by atoms with E-state index in [4.69, 9.17) is 5.73 Å². The van der Waals surface area contributed by atoms with E-state index in [-0.39, 0.29) is 0 Å². The topological polar surface area (TPSA) is 29.3 Å². The van der Waals surface area contributed by atoms with Crippen LogP contribution in [0, 0.1) is 5.92 Å². The van der Waals surface area contributed by atoms with Gasteiger partial charge in [-0.15, -0.1) is 0 Å². The zero-order chi connectivity index (χ0) is 14.1. The van der Waals surface area contributed by atoms with Crippen LogP contribution in [0.5, 0.6) is 0 Å². The fourth-order valence-electron chi connectivity index (χ4n) is 3.51. The van der Waals surface area contributed by atoms with Crippen LogP contribution in [0.25, 0.3) is 0 Å². The van der Waals surface area contributed by atoms with Crippen molar-refractivity contribution in [1.29, 1.82) is 0 Å². The van der Waals surface area contributed by atoms with Gasteiger partial charge in [-0.1, -0.05) is 52.4 Å². The molecule has 2 N–H and O–H groups in total. The van der Waals surface area contributed by atoms with E-state index in [9.17, 15) is 0 Å². The molecule has 0 aromatic carbocycles. The molecule has 0 radical (unpaired) electrons. The standard InChI is InChI=1S/C17H36N2/c1-4-6-12-19(15(3)5-2)17(14-18)13-16-10-8-7-9-11-16/h15-17H,4-14,18H2,1-3H3. The summed E-state index contributed by atoms with van der Waals surface area (Å²) in [5.41, 5.74) is 6.11. The van der Waals surface area contributed by atoms with Gasteiger partial charge in [0, 0.05) is 18.6 Å². The number of rotatable bonds is 9. The van der Waals surface area contributed by atoms with E-state index in [1.165, 1.54) is 64.3 Å². The summed E-state index contributed by atoms with van der Waals surface area (Å²) >= 11 is 0. The van der Waals surface area contributed by atoms with Gasteiger partial charge in [-0.3, -0.25) is 4.90 Å². The summed E-state index contributed by atoms with van der Waals surface area (Å²) < 4.78 is 0. The largest absolute Gasteiger partial charge is 0.329 e. The van der Waals surface area contributed by atoms with Crippen LogP contribution >= 0.6 is 0 Å². The lowest BCUT2D eigenvalue weighted by atomic mass is 9.84. The van der Waals surface area contributed by atoms with Crippen molar-refractivity contribution in [1.82, 2.24) is 4.90 Å². The SMILES string of the molecule is CCCCN(C(C)CC)C(CN)CC1CCCCC1. The molecule has 2 nitrogen and oxygen atoms in total. The number of hydrogen-bond donors (Lipinski definition) is 1. The summed E-state index contributed by atoms with van der Waals surface area (Å²) in [5.74, 6) is 0.940. The maximum atomic E-state index is 6.11. The van der Waals surface area contributed by atoms with Crippen molar-refractivity contribution < 1.29 is 0 Å². The molecule has 19 heavy (non-hydrogen) atoms. The van der Waals surface area contributed by atoms with Gasteiger partial charge in [0.1, 0.15) is 0 Å². The average molecular weight is 268 g/mol. The molecule has 1 aliphatic rings. The second kappa shape index (κ2) is 9.77. The Balaban J connectivity index is 2.54.